The molecule has 1 aliphatic rings. The van der Waals surface area contributed by atoms with Crippen LogP contribution in [0.1, 0.15) is 35.2 Å². The standard InChI is InChI=1S/C31H33N5O4S/c1-18-10-11-21(19(2)16-18)17-41-31-34-30-32-20(3)26(29(37)33-22-12-14-23(38-4)15-13-22)27(36(30)35-31)24-8-7-9-25(39-5)28(24)40-6/h7-16,27H,17H2,1-6H3,(H,33,37)(H,32,34,35)/t27-/m0/s1. The van der Waals surface area contributed by atoms with Gasteiger partial charge in [0.25, 0.3) is 5.91 Å². The highest BCUT2D eigenvalue weighted by Gasteiger charge is 2.36. The van der Waals surface area contributed by atoms with Crippen LogP contribution in [0.3, 0.4) is 0 Å². The largest absolute Gasteiger partial charge is 0.497 e. The van der Waals surface area contributed by atoms with E-state index in [2.05, 4.69) is 42.7 Å². The molecule has 0 aliphatic carbocycles. The van der Waals surface area contributed by atoms with Gasteiger partial charge < -0.3 is 24.8 Å². The molecule has 2 N–H and O–H groups in total. The van der Waals surface area contributed by atoms with Crippen LogP contribution in [-0.2, 0) is 10.5 Å². The number of allylic oxidation sites excluding steroid dienone is 1. The highest BCUT2D eigenvalue weighted by molar-refractivity contribution is 7.98. The molecule has 1 aromatic heterocycles. The smallest absolute Gasteiger partial charge is 0.255 e. The van der Waals surface area contributed by atoms with Crippen LogP contribution in [0, 0.1) is 13.8 Å². The Kier molecular flexibility index (Phi) is 8.21. The first-order valence-corrected chi connectivity index (χ1v) is 14.1. The average molecular weight is 572 g/mol. The van der Waals surface area contributed by atoms with Gasteiger partial charge in [0, 0.05) is 22.7 Å². The predicted molar refractivity (Wildman–Crippen MR) is 161 cm³/mol. The van der Waals surface area contributed by atoms with E-state index in [0.29, 0.717) is 45.3 Å². The van der Waals surface area contributed by atoms with Crippen molar-refractivity contribution in [3.8, 4) is 17.2 Å². The molecule has 0 unspecified atom stereocenters. The second-order valence-corrected chi connectivity index (χ2v) is 10.7. The van der Waals surface area contributed by atoms with Gasteiger partial charge in [-0.3, -0.25) is 4.79 Å². The fraction of sp³-hybridized carbons (Fsp3) is 0.258. The van der Waals surface area contributed by atoms with Crippen LogP contribution in [0.25, 0.3) is 0 Å². The topological polar surface area (TPSA) is 99.5 Å². The summed E-state index contributed by atoms with van der Waals surface area (Å²) in [7, 11) is 4.78. The molecular weight excluding hydrogens is 538 g/mol. The number of rotatable bonds is 9. The zero-order chi connectivity index (χ0) is 29.1. The number of fused-ring (bicyclic) bond motifs is 1. The molecule has 0 saturated carbocycles. The SMILES string of the molecule is COc1ccc(NC(=O)C2=C(C)Nc3nc(SCc4ccc(C)cc4C)nn3[C@H]2c2cccc(OC)c2OC)cc1. The third-order valence-electron chi connectivity index (χ3n) is 7.01. The zero-order valence-electron chi connectivity index (χ0n) is 23.9. The third-order valence-corrected chi connectivity index (χ3v) is 7.89. The number of carbonyl (C=O) groups excluding carboxylic acids is 1. The molecule has 41 heavy (non-hydrogen) atoms. The molecule has 2 heterocycles. The monoisotopic (exact) mass is 571 g/mol. The number of aryl methyl sites for hydroxylation is 2. The van der Waals surface area contributed by atoms with Gasteiger partial charge in [-0.05, 0) is 62.2 Å². The first-order valence-electron chi connectivity index (χ1n) is 13.1. The predicted octanol–water partition coefficient (Wildman–Crippen LogP) is 6.14. The molecule has 10 heteroatoms. The normalized spacial score (nSPS) is 14.2. The Morgan fingerprint density at radius 2 is 1.78 bits per heavy atom. The molecule has 0 radical (unpaired) electrons. The Morgan fingerprint density at radius 1 is 1.00 bits per heavy atom. The molecule has 0 bridgehead atoms. The number of aromatic nitrogens is 3. The van der Waals surface area contributed by atoms with Gasteiger partial charge in [-0.1, -0.05) is 47.7 Å². The van der Waals surface area contributed by atoms with E-state index in [-0.39, 0.29) is 5.91 Å². The number of nitrogens with one attached hydrogen (secondary N) is 2. The van der Waals surface area contributed by atoms with E-state index in [1.165, 1.54) is 16.7 Å². The molecule has 0 saturated heterocycles. The summed E-state index contributed by atoms with van der Waals surface area (Å²) in [4.78, 5) is 18.7. The van der Waals surface area contributed by atoms with Gasteiger partial charge in [-0.15, -0.1) is 5.10 Å². The third kappa shape index (κ3) is 5.74. The van der Waals surface area contributed by atoms with Crippen LogP contribution in [0.5, 0.6) is 17.2 Å². The maximum atomic E-state index is 13.9. The molecular formula is C31H33N5O4S. The van der Waals surface area contributed by atoms with Crippen molar-refractivity contribution in [2.75, 3.05) is 32.0 Å². The van der Waals surface area contributed by atoms with Gasteiger partial charge >= 0.3 is 0 Å². The molecule has 5 rings (SSSR count). The fourth-order valence-corrected chi connectivity index (χ4v) is 5.83. The summed E-state index contributed by atoms with van der Waals surface area (Å²) in [5, 5.41) is 11.8. The van der Waals surface area contributed by atoms with Crippen molar-refractivity contribution < 1.29 is 19.0 Å². The first-order chi connectivity index (χ1) is 19.8. The molecule has 9 nitrogen and oxygen atoms in total. The van der Waals surface area contributed by atoms with Crippen molar-refractivity contribution >= 4 is 29.3 Å². The van der Waals surface area contributed by atoms with Crippen LogP contribution in [-0.4, -0.2) is 42.0 Å². The summed E-state index contributed by atoms with van der Waals surface area (Å²) < 4.78 is 18.4. The number of methoxy groups -OCH3 is 3. The number of amides is 1. The highest BCUT2D eigenvalue weighted by atomic mass is 32.2. The summed E-state index contributed by atoms with van der Waals surface area (Å²) in [5.74, 6) is 2.77. The number of thioether (sulfide) groups is 1. The van der Waals surface area contributed by atoms with E-state index in [4.69, 9.17) is 24.3 Å². The van der Waals surface area contributed by atoms with Crippen LogP contribution in [0.2, 0.25) is 0 Å². The molecule has 3 aromatic carbocycles. The van der Waals surface area contributed by atoms with E-state index in [0.717, 1.165) is 11.3 Å². The molecule has 1 aliphatic heterocycles. The molecule has 212 valence electrons. The molecule has 1 amide bonds. The Balaban J connectivity index is 1.54. The molecule has 1 atom stereocenters. The van der Waals surface area contributed by atoms with E-state index in [1.807, 2.05) is 25.1 Å². The minimum Gasteiger partial charge on any atom is -0.497 e. The second-order valence-electron chi connectivity index (χ2n) is 9.71. The van der Waals surface area contributed by atoms with Crippen LogP contribution >= 0.6 is 11.8 Å². The summed E-state index contributed by atoms with van der Waals surface area (Å²) in [6.45, 7) is 6.07. The number of ether oxygens (including phenoxy) is 3. The molecule has 0 fully saturated rings. The lowest BCUT2D eigenvalue weighted by Gasteiger charge is -2.29. The number of carbonyl (C=O) groups is 1. The number of hydrogen-bond acceptors (Lipinski definition) is 8. The maximum absolute atomic E-state index is 13.9. The summed E-state index contributed by atoms with van der Waals surface area (Å²) in [6, 6.07) is 18.6. The van der Waals surface area contributed by atoms with Crippen molar-refractivity contribution in [3.05, 3.63) is 94.2 Å². The quantitative estimate of drug-likeness (QED) is 0.231. The number of para-hydroxylation sites is 1. The van der Waals surface area contributed by atoms with E-state index >= 15 is 0 Å². The lowest BCUT2D eigenvalue weighted by atomic mass is 9.94. The van der Waals surface area contributed by atoms with Crippen LogP contribution in [0.15, 0.2) is 77.1 Å². The Hall–Kier alpha value is -4.44. The number of benzene rings is 3. The van der Waals surface area contributed by atoms with Crippen LogP contribution < -0.4 is 24.8 Å². The minimum atomic E-state index is -0.627. The van der Waals surface area contributed by atoms with E-state index in [1.54, 1.807) is 62.0 Å². The fourth-order valence-electron chi connectivity index (χ4n) is 4.92. The van der Waals surface area contributed by atoms with Crippen molar-refractivity contribution in [3.63, 3.8) is 0 Å². The number of nitrogens with zero attached hydrogens (tertiary/aromatic N) is 3. The average Bonchev–Trinajstić information content (AvgIpc) is 3.38. The minimum absolute atomic E-state index is 0.277. The van der Waals surface area contributed by atoms with Crippen molar-refractivity contribution in [2.45, 2.75) is 37.7 Å². The van der Waals surface area contributed by atoms with Crippen molar-refractivity contribution in [1.29, 1.82) is 0 Å². The summed E-state index contributed by atoms with van der Waals surface area (Å²) >= 11 is 1.55. The Labute approximate surface area is 243 Å². The zero-order valence-corrected chi connectivity index (χ0v) is 24.8. The van der Waals surface area contributed by atoms with Crippen molar-refractivity contribution in [1.82, 2.24) is 14.8 Å². The number of anilines is 2. The van der Waals surface area contributed by atoms with E-state index < -0.39 is 6.04 Å². The summed E-state index contributed by atoms with van der Waals surface area (Å²) in [6.07, 6.45) is 0. The molecule has 4 aromatic rings. The Morgan fingerprint density at radius 3 is 2.46 bits per heavy atom. The number of hydrogen-bond donors (Lipinski definition) is 2. The van der Waals surface area contributed by atoms with E-state index in [9.17, 15) is 4.79 Å². The Bertz CT molecular complexity index is 1610. The van der Waals surface area contributed by atoms with Gasteiger partial charge in [-0.25, -0.2) is 4.68 Å². The van der Waals surface area contributed by atoms with Gasteiger partial charge in [-0.2, -0.15) is 4.98 Å². The van der Waals surface area contributed by atoms with Gasteiger partial charge in [0.15, 0.2) is 11.5 Å². The van der Waals surface area contributed by atoms with Crippen molar-refractivity contribution in [2.24, 2.45) is 0 Å². The maximum Gasteiger partial charge on any atom is 0.255 e. The second kappa shape index (κ2) is 12.0. The summed E-state index contributed by atoms with van der Waals surface area (Å²) in [5.41, 5.74) is 6.20. The van der Waals surface area contributed by atoms with Crippen LogP contribution in [0.4, 0.5) is 11.6 Å². The van der Waals surface area contributed by atoms with Gasteiger partial charge in [0.2, 0.25) is 11.1 Å². The first kappa shape index (κ1) is 28.1. The van der Waals surface area contributed by atoms with Gasteiger partial charge in [0.05, 0.1) is 26.9 Å². The highest BCUT2D eigenvalue weighted by Crippen LogP contribution is 2.43. The lowest BCUT2D eigenvalue weighted by molar-refractivity contribution is -0.113. The van der Waals surface area contributed by atoms with Gasteiger partial charge in [0.1, 0.15) is 11.8 Å². The molecule has 0 spiro atoms. The lowest BCUT2D eigenvalue weighted by Crippen LogP contribution is -2.31.